The number of thioether (sulfide) groups is 1. The first-order chi connectivity index (χ1) is 8.15. The molecule has 4 heteroatoms. The number of hydrogen-bond donors (Lipinski definition) is 1. The molecule has 0 saturated heterocycles. The van der Waals surface area contributed by atoms with Gasteiger partial charge in [-0.2, -0.15) is 5.26 Å². The summed E-state index contributed by atoms with van der Waals surface area (Å²) >= 11 is 0.987. The lowest BCUT2D eigenvalue weighted by Crippen LogP contribution is -1.94. The van der Waals surface area contributed by atoms with E-state index in [1.165, 1.54) is 6.92 Å². The first-order valence-electron chi connectivity index (χ1n) is 4.96. The van der Waals surface area contributed by atoms with Gasteiger partial charge in [-0.15, -0.1) is 0 Å². The lowest BCUT2D eigenvalue weighted by Gasteiger charge is -2.08. The number of carbonyl (C=O) groups is 1. The topological polar surface area (TPSA) is 61.1 Å². The highest BCUT2D eigenvalue weighted by molar-refractivity contribution is 8.04. The van der Waals surface area contributed by atoms with E-state index in [-0.39, 0.29) is 17.1 Å². The predicted molar refractivity (Wildman–Crippen MR) is 67.1 cm³/mol. The average molecular weight is 243 g/mol. The van der Waals surface area contributed by atoms with Crippen LogP contribution in [0.15, 0.2) is 35.2 Å². The minimum absolute atomic E-state index is 0.0182. The van der Waals surface area contributed by atoms with E-state index in [1.807, 2.05) is 17.5 Å². The van der Waals surface area contributed by atoms with Gasteiger partial charge in [0.05, 0.1) is 5.56 Å². The molecule has 1 N–H and O–H groups in total. The molecule has 0 spiro atoms. The Balaban J connectivity index is 2.85. The zero-order chi connectivity index (χ0) is 12.4. The maximum Gasteiger partial charge on any atom is 0.163 e. The van der Waals surface area contributed by atoms with Gasteiger partial charge in [0, 0.05) is 15.7 Å². The molecule has 0 bridgehead atoms. The molecular weight excluding hydrogens is 234 g/mol. The maximum absolute atomic E-state index is 11.4. The van der Waals surface area contributed by atoms with E-state index in [1.54, 1.807) is 18.2 Å². The number of phenolic OH excluding ortho intramolecular Hbond substituents is 1. The second-order valence-corrected chi connectivity index (χ2v) is 4.39. The molecule has 2 rings (SSSR count). The van der Waals surface area contributed by atoms with Crippen molar-refractivity contribution in [3.8, 4) is 11.2 Å². The van der Waals surface area contributed by atoms with Crippen LogP contribution in [0.4, 0.5) is 0 Å². The number of aromatic hydroxyl groups is 1. The molecule has 0 heterocycles. The summed E-state index contributed by atoms with van der Waals surface area (Å²) in [6, 6.07) is 8.73. The summed E-state index contributed by atoms with van der Waals surface area (Å²) in [5.41, 5.74) is 0.251. The summed E-state index contributed by atoms with van der Waals surface area (Å²) in [4.78, 5) is 12.1. The van der Waals surface area contributed by atoms with E-state index in [2.05, 4.69) is 0 Å². The zero-order valence-electron chi connectivity index (χ0n) is 9.10. The van der Waals surface area contributed by atoms with Crippen molar-refractivity contribution < 1.29 is 9.90 Å². The summed E-state index contributed by atoms with van der Waals surface area (Å²) in [5, 5.41) is 22.1. The number of thiocyanates is 1. The van der Waals surface area contributed by atoms with Gasteiger partial charge in [0.15, 0.2) is 5.78 Å². The number of rotatable bonds is 2. The molecule has 3 nitrogen and oxygen atoms in total. The second-order valence-electron chi connectivity index (χ2n) is 3.57. The van der Waals surface area contributed by atoms with Gasteiger partial charge in [-0.3, -0.25) is 4.79 Å². The molecule has 0 atom stereocenters. The normalized spacial score (nSPS) is 10.1. The molecule has 2 aromatic rings. The Morgan fingerprint density at radius 1 is 1.35 bits per heavy atom. The highest BCUT2D eigenvalue weighted by atomic mass is 32.2. The third kappa shape index (κ3) is 1.97. The second kappa shape index (κ2) is 4.48. The third-order valence-electron chi connectivity index (χ3n) is 2.51. The van der Waals surface area contributed by atoms with Gasteiger partial charge >= 0.3 is 0 Å². The number of fused-ring (bicyclic) bond motifs is 1. The van der Waals surface area contributed by atoms with Gasteiger partial charge in [0.25, 0.3) is 0 Å². The quantitative estimate of drug-likeness (QED) is 0.499. The van der Waals surface area contributed by atoms with Crippen molar-refractivity contribution in [3.05, 3.63) is 35.9 Å². The molecule has 0 saturated carbocycles. The van der Waals surface area contributed by atoms with Crippen LogP contribution in [0.5, 0.6) is 5.75 Å². The molecule has 0 radical (unpaired) electrons. The van der Waals surface area contributed by atoms with Gasteiger partial charge in [-0.05, 0) is 24.8 Å². The van der Waals surface area contributed by atoms with Crippen LogP contribution < -0.4 is 0 Å². The Labute approximate surface area is 103 Å². The first kappa shape index (κ1) is 11.5. The van der Waals surface area contributed by atoms with Gasteiger partial charge in [-0.25, -0.2) is 0 Å². The van der Waals surface area contributed by atoms with E-state index in [0.717, 1.165) is 17.1 Å². The summed E-state index contributed by atoms with van der Waals surface area (Å²) in [5.74, 6) is -0.233. The lowest BCUT2D eigenvalue weighted by atomic mass is 10.0. The minimum atomic E-state index is -0.215. The SMILES string of the molecule is CC(=O)c1cc(SC#N)c2ccccc2c1O. The Bertz CT molecular complexity index is 644. The van der Waals surface area contributed by atoms with Crippen LogP contribution in [0.3, 0.4) is 0 Å². The molecule has 84 valence electrons. The van der Waals surface area contributed by atoms with E-state index in [0.29, 0.717) is 10.3 Å². The highest BCUT2D eigenvalue weighted by Gasteiger charge is 2.14. The van der Waals surface area contributed by atoms with Crippen molar-refractivity contribution in [2.24, 2.45) is 0 Å². The average Bonchev–Trinajstić information content (AvgIpc) is 2.33. The fraction of sp³-hybridized carbons (Fsp3) is 0.0769. The molecule has 17 heavy (non-hydrogen) atoms. The van der Waals surface area contributed by atoms with Crippen molar-refractivity contribution in [3.63, 3.8) is 0 Å². The van der Waals surface area contributed by atoms with E-state index >= 15 is 0 Å². The molecule has 0 amide bonds. The van der Waals surface area contributed by atoms with E-state index in [9.17, 15) is 9.90 Å². The largest absolute Gasteiger partial charge is 0.507 e. The number of Topliss-reactive ketones (excluding diaryl/α,β-unsaturated/α-hetero) is 1. The summed E-state index contributed by atoms with van der Waals surface area (Å²) in [6.07, 6.45) is 0. The van der Waals surface area contributed by atoms with Crippen LogP contribution in [0.1, 0.15) is 17.3 Å². The standard InChI is InChI=1S/C13H9NO2S/c1-8(15)11-6-12(17-7-14)9-4-2-3-5-10(9)13(11)16/h2-6,16H,1H3. The van der Waals surface area contributed by atoms with Crippen LogP contribution in [-0.2, 0) is 0 Å². The Morgan fingerprint density at radius 3 is 2.59 bits per heavy atom. The van der Waals surface area contributed by atoms with Crippen molar-refractivity contribution >= 4 is 28.3 Å². The zero-order valence-corrected chi connectivity index (χ0v) is 9.91. The highest BCUT2D eigenvalue weighted by Crippen LogP contribution is 2.36. The van der Waals surface area contributed by atoms with Crippen molar-refractivity contribution in [2.75, 3.05) is 0 Å². The molecule has 0 aliphatic carbocycles. The smallest absolute Gasteiger partial charge is 0.163 e. The van der Waals surface area contributed by atoms with Gasteiger partial charge in [0.2, 0.25) is 0 Å². The number of hydrogen-bond acceptors (Lipinski definition) is 4. The Kier molecular flexibility index (Phi) is 3.03. The van der Waals surface area contributed by atoms with Gasteiger partial charge < -0.3 is 5.11 Å². The molecule has 0 aliphatic heterocycles. The lowest BCUT2D eigenvalue weighted by molar-refractivity contribution is 0.101. The fourth-order valence-electron chi connectivity index (χ4n) is 1.73. The van der Waals surface area contributed by atoms with E-state index < -0.39 is 0 Å². The van der Waals surface area contributed by atoms with Gasteiger partial charge in [-0.1, -0.05) is 24.3 Å². The van der Waals surface area contributed by atoms with Crippen LogP contribution in [0, 0.1) is 10.7 Å². The number of ketones is 1. The summed E-state index contributed by atoms with van der Waals surface area (Å²) in [7, 11) is 0. The van der Waals surface area contributed by atoms with Crippen molar-refractivity contribution in [1.82, 2.24) is 0 Å². The molecule has 0 aliphatic rings. The van der Waals surface area contributed by atoms with Crippen LogP contribution in [0.25, 0.3) is 10.8 Å². The molecular formula is C13H9NO2S. The number of benzene rings is 2. The first-order valence-corrected chi connectivity index (χ1v) is 5.78. The molecule has 0 unspecified atom stereocenters. The molecule has 2 aromatic carbocycles. The number of nitrogens with zero attached hydrogens (tertiary/aromatic N) is 1. The van der Waals surface area contributed by atoms with Crippen molar-refractivity contribution in [1.29, 1.82) is 5.26 Å². The minimum Gasteiger partial charge on any atom is -0.507 e. The Morgan fingerprint density at radius 2 is 2.00 bits per heavy atom. The van der Waals surface area contributed by atoms with Crippen LogP contribution in [-0.4, -0.2) is 10.9 Å². The summed E-state index contributed by atoms with van der Waals surface area (Å²) in [6.45, 7) is 1.39. The Hall–Kier alpha value is -1.99. The number of phenols is 1. The maximum atomic E-state index is 11.4. The van der Waals surface area contributed by atoms with Crippen LogP contribution in [0.2, 0.25) is 0 Å². The monoisotopic (exact) mass is 243 g/mol. The number of carbonyl (C=O) groups excluding carboxylic acids is 1. The third-order valence-corrected chi connectivity index (χ3v) is 3.16. The number of nitriles is 1. The molecule has 0 aromatic heterocycles. The van der Waals surface area contributed by atoms with Crippen molar-refractivity contribution in [2.45, 2.75) is 11.8 Å². The van der Waals surface area contributed by atoms with Crippen LogP contribution >= 0.6 is 11.8 Å². The fourth-order valence-corrected chi connectivity index (χ4v) is 2.29. The van der Waals surface area contributed by atoms with E-state index in [4.69, 9.17) is 5.26 Å². The van der Waals surface area contributed by atoms with Gasteiger partial charge in [0.1, 0.15) is 11.2 Å². The predicted octanol–water partition coefficient (Wildman–Crippen LogP) is 3.32. The summed E-state index contributed by atoms with van der Waals surface area (Å²) < 4.78 is 0. The molecule has 0 fully saturated rings.